The molecule has 1 amide bonds. The lowest BCUT2D eigenvalue weighted by atomic mass is 9.96. The summed E-state index contributed by atoms with van der Waals surface area (Å²) in [5.74, 6) is 0.148. The van der Waals surface area contributed by atoms with Crippen LogP contribution < -0.4 is 5.32 Å². The summed E-state index contributed by atoms with van der Waals surface area (Å²) in [4.78, 5) is 15.8. The van der Waals surface area contributed by atoms with Crippen LogP contribution in [0.5, 0.6) is 0 Å². The first-order valence-electron chi connectivity index (χ1n) is 5.60. The SMILES string of the molecule is CC(CO)(NC(=O)c1ccc(Cl)nc1)C1CC1. The fraction of sp³-hybridized carbons (Fsp3) is 0.500. The molecule has 1 aromatic heterocycles. The molecular weight excluding hydrogens is 240 g/mol. The van der Waals surface area contributed by atoms with E-state index in [1.165, 1.54) is 6.20 Å². The molecule has 0 spiro atoms. The Morgan fingerprint density at radius 1 is 1.65 bits per heavy atom. The van der Waals surface area contributed by atoms with Gasteiger partial charge in [0.05, 0.1) is 17.7 Å². The highest BCUT2D eigenvalue weighted by atomic mass is 35.5. The van der Waals surface area contributed by atoms with Gasteiger partial charge in [-0.15, -0.1) is 0 Å². The van der Waals surface area contributed by atoms with E-state index in [4.69, 9.17) is 11.6 Å². The predicted octanol–water partition coefficient (Wildman–Crippen LogP) is 1.63. The third kappa shape index (κ3) is 2.76. The number of nitrogens with zero attached hydrogens (tertiary/aromatic N) is 1. The van der Waals surface area contributed by atoms with E-state index in [-0.39, 0.29) is 12.5 Å². The maximum absolute atomic E-state index is 12.0. The average molecular weight is 255 g/mol. The Bertz CT molecular complexity index is 417. The Hall–Kier alpha value is -1.13. The summed E-state index contributed by atoms with van der Waals surface area (Å²) in [6, 6.07) is 3.19. The largest absolute Gasteiger partial charge is 0.394 e. The predicted molar refractivity (Wildman–Crippen MR) is 64.9 cm³/mol. The normalized spacial score (nSPS) is 18.5. The molecule has 1 aromatic rings. The molecule has 1 aliphatic carbocycles. The van der Waals surface area contributed by atoms with Crippen LogP contribution in [0, 0.1) is 5.92 Å². The van der Waals surface area contributed by atoms with E-state index < -0.39 is 5.54 Å². The Balaban J connectivity index is 2.07. The fourth-order valence-electron chi connectivity index (χ4n) is 1.83. The summed E-state index contributed by atoms with van der Waals surface area (Å²) < 4.78 is 0. The maximum Gasteiger partial charge on any atom is 0.253 e. The lowest BCUT2D eigenvalue weighted by molar-refractivity contribution is 0.0824. The molecule has 1 saturated carbocycles. The molecule has 2 N–H and O–H groups in total. The number of aliphatic hydroxyl groups excluding tert-OH is 1. The van der Waals surface area contributed by atoms with Crippen LogP contribution in [-0.2, 0) is 0 Å². The average Bonchev–Trinajstić information content (AvgIpc) is 3.13. The first-order chi connectivity index (χ1) is 8.05. The molecule has 17 heavy (non-hydrogen) atoms. The van der Waals surface area contributed by atoms with Crippen LogP contribution in [-0.4, -0.2) is 28.1 Å². The van der Waals surface area contributed by atoms with Gasteiger partial charge < -0.3 is 10.4 Å². The second kappa shape index (κ2) is 4.63. The second-order valence-electron chi connectivity index (χ2n) is 4.67. The van der Waals surface area contributed by atoms with Crippen LogP contribution in [0.2, 0.25) is 5.15 Å². The molecule has 0 bridgehead atoms. The van der Waals surface area contributed by atoms with Crippen LogP contribution in [0.15, 0.2) is 18.3 Å². The summed E-state index contributed by atoms with van der Waals surface area (Å²) in [5, 5.41) is 12.6. The first-order valence-corrected chi connectivity index (χ1v) is 5.98. The van der Waals surface area contributed by atoms with Crippen molar-refractivity contribution in [2.24, 2.45) is 5.92 Å². The number of rotatable bonds is 4. The van der Waals surface area contributed by atoms with Crippen molar-refractivity contribution in [2.75, 3.05) is 6.61 Å². The molecule has 4 nitrogen and oxygen atoms in total. The summed E-state index contributed by atoms with van der Waals surface area (Å²) in [7, 11) is 0. The zero-order valence-corrected chi connectivity index (χ0v) is 10.4. The zero-order valence-electron chi connectivity index (χ0n) is 9.61. The molecule has 0 radical (unpaired) electrons. The number of hydrogen-bond donors (Lipinski definition) is 2. The lowest BCUT2D eigenvalue weighted by Gasteiger charge is -2.28. The van der Waals surface area contributed by atoms with E-state index in [1.807, 2.05) is 6.92 Å². The summed E-state index contributed by atoms with van der Waals surface area (Å²) in [6.07, 6.45) is 3.54. The highest BCUT2D eigenvalue weighted by Gasteiger charge is 2.42. The molecule has 2 rings (SSSR count). The number of nitrogens with one attached hydrogen (secondary N) is 1. The Morgan fingerprint density at radius 2 is 2.35 bits per heavy atom. The van der Waals surface area contributed by atoms with Crippen LogP contribution in [0.25, 0.3) is 0 Å². The number of aliphatic hydroxyl groups is 1. The zero-order chi connectivity index (χ0) is 12.5. The van der Waals surface area contributed by atoms with E-state index in [0.717, 1.165) is 12.8 Å². The smallest absolute Gasteiger partial charge is 0.253 e. The Kier molecular flexibility index (Phi) is 3.35. The number of amides is 1. The number of carbonyl (C=O) groups is 1. The van der Waals surface area contributed by atoms with Crippen LogP contribution in [0.4, 0.5) is 0 Å². The van der Waals surface area contributed by atoms with Gasteiger partial charge in [0.25, 0.3) is 5.91 Å². The third-order valence-electron chi connectivity index (χ3n) is 3.20. The van der Waals surface area contributed by atoms with Crippen molar-refractivity contribution in [3.8, 4) is 0 Å². The minimum absolute atomic E-state index is 0.0512. The molecule has 0 aliphatic heterocycles. The molecule has 92 valence electrons. The monoisotopic (exact) mass is 254 g/mol. The molecule has 1 heterocycles. The molecule has 1 fully saturated rings. The van der Waals surface area contributed by atoms with Gasteiger partial charge >= 0.3 is 0 Å². The van der Waals surface area contributed by atoms with Crippen LogP contribution >= 0.6 is 11.6 Å². The van der Waals surface area contributed by atoms with Crippen molar-refractivity contribution in [1.29, 1.82) is 0 Å². The van der Waals surface area contributed by atoms with Crippen molar-refractivity contribution in [3.63, 3.8) is 0 Å². The van der Waals surface area contributed by atoms with Gasteiger partial charge in [0.15, 0.2) is 0 Å². The molecule has 0 saturated heterocycles. The van der Waals surface area contributed by atoms with E-state index >= 15 is 0 Å². The van der Waals surface area contributed by atoms with Crippen molar-refractivity contribution in [2.45, 2.75) is 25.3 Å². The number of pyridine rings is 1. The van der Waals surface area contributed by atoms with Gasteiger partial charge in [0, 0.05) is 6.20 Å². The van der Waals surface area contributed by atoms with Crippen LogP contribution in [0.1, 0.15) is 30.1 Å². The number of hydrogen-bond acceptors (Lipinski definition) is 3. The van der Waals surface area contributed by atoms with Crippen molar-refractivity contribution in [3.05, 3.63) is 29.0 Å². The highest BCUT2D eigenvalue weighted by molar-refractivity contribution is 6.29. The van der Waals surface area contributed by atoms with Gasteiger partial charge in [0.1, 0.15) is 5.15 Å². The minimum atomic E-state index is -0.531. The molecule has 1 aliphatic rings. The van der Waals surface area contributed by atoms with E-state index in [9.17, 15) is 9.90 Å². The van der Waals surface area contributed by atoms with E-state index in [0.29, 0.717) is 16.6 Å². The topological polar surface area (TPSA) is 62.2 Å². The van der Waals surface area contributed by atoms with Crippen molar-refractivity contribution in [1.82, 2.24) is 10.3 Å². The van der Waals surface area contributed by atoms with Gasteiger partial charge in [-0.2, -0.15) is 0 Å². The highest BCUT2D eigenvalue weighted by Crippen LogP contribution is 2.39. The second-order valence-corrected chi connectivity index (χ2v) is 5.06. The summed E-state index contributed by atoms with van der Waals surface area (Å²) >= 11 is 5.65. The van der Waals surface area contributed by atoms with Crippen molar-refractivity contribution >= 4 is 17.5 Å². The van der Waals surface area contributed by atoms with Gasteiger partial charge in [-0.1, -0.05) is 11.6 Å². The standard InChI is InChI=1S/C12H15ClN2O2/c1-12(7-16,9-3-4-9)15-11(17)8-2-5-10(13)14-6-8/h2,5-6,9,16H,3-4,7H2,1H3,(H,15,17). The van der Waals surface area contributed by atoms with Crippen molar-refractivity contribution < 1.29 is 9.90 Å². The van der Waals surface area contributed by atoms with Gasteiger partial charge in [-0.05, 0) is 37.8 Å². The molecular formula is C12H15ClN2O2. The first kappa shape index (κ1) is 12.3. The quantitative estimate of drug-likeness (QED) is 0.803. The van der Waals surface area contributed by atoms with E-state index in [2.05, 4.69) is 10.3 Å². The summed E-state index contributed by atoms with van der Waals surface area (Å²) in [6.45, 7) is 1.82. The number of carbonyl (C=O) groups excluding carboxylic acids is 1. The Labute approximate surface area is 105 Å². The van der Waals surface area contributed by atoms with Gasteiger partial charge in [0.2, 0.25) is 0 Å². The maximum atomic E-state index is 12.0. The molecule has 1 unspecified atom stereocenters. The molecule has 0 aromatic carbocycles. The van der Waals surface area contributed by atoms with Crippen LogP contribution in [0.3, 0.4) is 0 Å². The van der Waals surface area contributed by atoms with Gasteiger partial charge in [-0.25, -0.2) is 4.98 Å². The van der Waals surface area contributed by atoms with Gasteiger partial charge in [-0.3, -0.25) is 4.79 Å². The lowest BCUT2D eigenvalue weighted by Crippen LogP contribution is -2.50. The molecule has 1 atom stereocenters. The minimum Gasteiger partial charge on any atom is -0.394 e. The number of aromatic nitrogens is 1. The van der Waals surface area contributed by atoms with E-state index in [1.54, 1.807) is 12.1 Å². The number of halogens is 1. The fourth-order valence-corrected chi connectivity index (χ4v) is 1.94. The Morgan fingerprint density at radius 3 is 2.82 bits per heavy atom. The summed E-state index contributed by atoms with van der Waals surface area (Å²) in [5.41, 5.74) is -0.0776. The third-order valence-corrected chi connectivity index (χ3v) is 3.42. The molecule has 5 heteroatoms.